The van der Waals surface area contributed by atoms with Gasteiger partial charge in [-0.15, -0.1) is 6.58 Å². The predicted octanol–water partition coefficient (Wildman–Crippen LogP) is 2.66. The molecule has 0 rings (SSSR count). The lowest BCUT2D eigenvalue weighted by Gasteiger charge is -2.17. The molecule has 0 saturated heterocycles. The van der Waals surface area contributed by atoms with E-state index < -0.39 is 0 Å². The van der Waals surface area contributed by atoms with Gasteiger partial charge in [-0.1, -0.05) is 6.08 Å². The zero-order chi connectivity index (χ0) is 7.49. The second-order valence-electron chi connectivity index (χ2n) is 2.60. The molecule has 0 aromatic rings. The number of aliphatic hydroxyl groups is 1. The number of hydrogen-bond donors (Lipinski definition) is 1. The molecule has 0 aromatic heterocycles. The van der Waals surface area contributed by atoms with Gasteiger partial charge in [0.05, 0.1) is 5.76 Å². The van der Waals surface area contributed by atoms with Crippen molar-refractivity contribution in [1.82, 2.24) is 0 Å². The Morgan fingerprint density at radius 2 is 2.00 bits per heavy atom. The number of aliphatic hydroxyl groups excluding tert-OH is 1. The maximum Gasteiger partial charge on any atom is 0.0973 e. The van der Waals surface area contributed by atoms with Gasteiger partial charge in [-0.2, -0.15) is 0 Å². The highest BCUT2D eigenvalue weighted by Gasteiger charge is 2.16. The molecule has 1 heteroatoms. The van der Waals surface area contributed by atoms with Crippen molar-refractivity contribution in [3.8, 4) is 0 Å². The molecule has 52 valence electrons. The second-order valence-corrected chi connectivity index (χ2v) is 2.60. The summed E-state index contributed by atoms with van der Waals surface area (Å²) in [5.74, 6) is 0.373. The Bertz CT molecular complexity index is 132. The number of allylic oxidation sites excluding steroid dienone is 2. The van der Waals surface area contributed by atoms with E-state index in [9.17, 15) is 5.11 Å². The van der Waals surface area contributed by atoms with E-state index in [0.29, 0.717) is 5.76 Å². The van der Waals surface area contributed by atoms with E-state index in [1.54, 1.807) is 19.1 Å². The van der Waals surface area contributed by atoms with Gasteiger partial charge in [-0.25, -0.2) is 0 Å². The van der Waals surface area contributed by atoms with E-state index in [4.69, 9.17) is 0 Å². The van der Waals surface area contributed by atoms with Crippen molar-refractivity contribution in [2.45, 2.75) is 20.8 Å². The van der Waals surface area contributed by atoms with Crippen molar-refractivity contribution in [3.05, 3.63) is 24.5 Å². The molecular weight excluding hydrogens is 112 g/mol. The lowest BCUT2D eigenvalue weighted by molar-refractivity contribution is 0.302. The molecule has 1 nitrogen and oxygen atoms in total. The van der Waals surface area contributed by atoms with E-state index in [0.717, 1.165) is 0 Å². The van der Waals surface area contributed by atoms with Crippen LogP contribution in [0.3, 0.4) is 0 Å². The Morgan fingerprint density at radius 3 is 2.11 bits per heavy atom. The van der Waals surface area contributed by atoms with Gasteiger partial charge in [-0.05, 0) is 26.8 Å². The van der Waals surface area contributed by atoms with E-state index in [1.165, 1.54) is 0 Å². The summed E-state index contributed by atoms with van der Waals surface area (Å²) in [4.78, 5) is 0. The highest BCUT2D eigenvalue weighted by Crippen LogP contribution is 2.24. The molecule has 0 spiro atoms. The van der Waals surface area contributed by atoms with Gasteiger partial charge in [0.1, 0.15) is 0 Å². The first-order valence-corrected chi connectivity index (χ1v) is 3.04. The Labute approximate surface area is 56.7 Å². The molecule has 0 saturated carbocycles. The molecule has 0 radical (unpaired) electrons. The fourth-order valence-electron chi connectivity index (χ4n) is 0.477. The lowest BCUT2D eigenvalue weighted by Crippen LogP contribution is -2.09. The van der Waals surface area contributed by atoms with Crippen molar-refractivity contribution < 1.29 is 5.11 Å². The van der Waals surface area contributed by atoms with Crippen LogP contribution >= 0.6 is 0 Å². The first-order valence-electron chi connectivity index (χ1n) is 3.04. The van der Waals surface area contributed by atoms with E-state index in [1.807, 2.05) is 13.8 Å². The third kappa shape index (κ3) is 1.92. The molecule has 0 amide bonds. The third-order valence-electron chi connectivity index (χ3n) is 1.44. The summed E-state index contributed by atoms with van der Waals surface area (Å²) in [7, 11) is 0. The Hall–Kier alpha value is -0.720. The van der Waals surface area contributed by atoms with Crippen LogP contribution in [0.5, 0.6) is 0 Å². The van der Waals surface area contributed by atoms with Crippen LogP contribution in [-0.4, -0.2) is 5.11 Å². The zero-order valence-corrected chi connectivity index (χ0v) is 6.31. The van der Waals surface area contributed by atoms with Gasteiger partial charge in [0, 0.05) is 5.41 Å². The smallest absolute Gasteiger partial charge is 0.0973 e. The number of hydrogen-bond acceptors (Lipinski definition) is 1. The average Bonchev–Trinajstić information content (AvgIpc) is 1.86. The van der Waals surface area contributed by atoms with Crippen LogP contribution in [0.1, 0.15) is 20.8 Å². The van der Waals surface area contributed by atoms with Crippen LogP contribution in [-0.2, 0) is 0 Å². The summed E-state index contributed by atoms with van der Waals surface area (Å²) in [6.45, 7) is 9.23. The standard InChI is InChI=1S/C8H14O/c1-5-7(9)8(3,4)6-2/h5-6,9H,2H2,1,3-4H3/b7-5-. The average molecular weight is 126 g/mol. The maximum absolute atomic E-state index is 9.18. The Kier molecular flexibility index (Phi) is 2.50. The van der Waals surface area contributed by atoms with Crippen molar-refractivity contribution in [1.29, 1.82) is 0 Å². The largest absolute Gasteiger partial charge is 0.512 e. The van der Waals surface area contributed by atoms with E-state index in [2.05, 4.69) is 6.58 Å². The van der Waals surface area contributed by atoms with Crippen molar-refractivity contribution >= 4 is 0 Å². The Morgan fingerprint density at radius 1 is 1.56 bits per heavy atom. The normalized spacial score (nSPS) is 13.4. The number of rotatable bonds is 2. The van der Waals surface area contributed by atoms with E-state index >= 15 is 0 Å². The van der Waals surface area contributed by atoms with Gasteiger partial charge in [0.2, 0.25) is 0 Å². The first kappa shape index (κ1) is 8.28. The molecule has 0 aromatic carbocycles. The van der Waals surface area contributed by atoms with Crippen molar-refractivity contribution in [3.63, 3.8) is 0 Å². The summed E-state index contributed by atoms with van der Waals surface area (Å²) in [6, 6.07) is 0. The first-order chi connectivity index (χ1) is 4.04. The van der Waals surface area contributed by atoms with Gasteiger partial charge in [0.25, 0.3) is 0 Å². The molecule has 1 N–H and O–H groups in total. The van der Waals surface area contributed by atoms with Crippen LogP contribution in [0, 0.1) is 5.41 Å². The van der Waals surface area contributed by atoms with Gasteiger partial charge in [0.15, 0.2) is 0 Å². The van der Waals surface area contributed by atoms with Crippen LogP contribution in [0.25, 0.3) is 0 Å². The molecule has 0 unspecified atom stereocenters. The summed E-state index contributed by atoms with van der Waals surface area (Å²) >= 11 is 0. The molecule has 0 aliphatic carbocycles. The quantitative estimate of drug-likeness (QED) is 0.445. The fourth-order valence-corrected chi connectivity index (χ4v) is 0.477. The third-order valence-corrected chi connectivity index (χ3v) is 1.44. The molecule has 9 heavy (non-hydrogen) atoms. The van der Waals surface area contributed by atoms with Crippen molar-refractivity contribution in [2.75, 3.05) is 0 Å². The molecule has 0 heterocycles. The SMILES string of the molecule is C=CC(C)(C)/C(O)=C/C. The monoisotopic (exact) mass is 126 g/mol. The summed E-state index contributed by atoms with van der Waals surface area (Å²) < 4.78 is 0. The minimum Gasteiger partial charge on any atom is -0.512 e. The minimum atomic E-state index is -0.269. The van der Waals surface area contributed by atoms with Crippen LogP contribution in [0.4, 0.5) is 0 Å². The highest BCUT2D eigenvalue weighted by atomic mass is 16.3. The topological polar surface area (TPSA) is 20.2 Å². The minimum absolute atomic E-state index is 0.269. The van der Waals surface area contributed by atoms with Crippen LogP contribution in [0.15, 0.2) is 24.5 Å². The highest BCUT2D eigenvalue weighted by molar-refractivity contribution is 5.09. The van der Waals surface area contributed by atoms with E-state index in [-0.39, 0.29) is 5.41 Å². The maximum atomic E-state index is 9.18. The summed E-state index contributed by atoms with van der Waals surface area (Å²) in [5.41, 5.74) is -0.269. The van der Waals surface area contributed by atoms with Crippen LogP contribution in [0.2, 0.25) is 0 Å². The van der Waals surface area contributed by atoms with Gasteiger partial charge < -0.3 is 5.11 Å². The summed E-state index contributed by atoms with van der Waals surface area (Å²) in [6.07, 6.45) is 3.41. The molecule has 0 fully saturated rings. The predicted molar refractivity (Wildman–Crippen MR) is 40.4 cm³/mol. The summed E-state index contributed by atoms with van der Waals surface area (Å²) in [5, 5.41) is 9.18. The molecular formula is C8H14O. The fraction of sp³-hybridized carbons (Fsp3) is 0.500. The Balaban J connectivity index is 4.32. The van der Waals surface area contributed by atoms with Crippen molar-refractivity contribution in [2.24, 2.45) is 5.41 Å². The lowest BCUT2D eigenvalue weighted by atomic mass is 9.91. The zero-order valence-electron chi connectivity index (χ0n) is 6.31. The van der Waals surface area contributed by atoms with Gasteiger partial charge >= 0.3 is 0 Å². The molecule has 0 bridgehead atoms. The van der Waals surface area contributed by atoms with Gasteiger partial charge in [-0.3, -0.25) is 0 Å². The molecule has 0 atom stereocenters. The second kappa shape index (κ2) is 2.72. The van der Waals surface area contributed by atoms with Crippen LogP contribution < -0.4 is 0 Å². The molecule has 0 aliphatic heterocycles. The molecule has 0 aliphatic rings.